The average molecular weight is 409 g/mol. The van der Waals surface area contributed by atoms with Gasteiger partial charge in [0.1, 0.15) is 12.4 Å². The van der Waals surface area contributed by atoms with Gasteiger partial charge >= 0.3 is 5.97 Å². The third-order valence-electron chi connectivity index (χ3n) is 3.63. The summed E-state index contributed by atoms with van der Waals surface area (Å²) in [5, 5.41) is -0.208. The number of carbonyl (C=O) groups is 1. The molecule has 0 unspecified atom stereocenters. The first-order valence-corrected chi connectivity index (χ1v) is 9.88. The van der Waals surface area contributed by atoms with Crippen molar-refractivity contribution < 1.29 is 31.8 Å². The third-order valence-corrected chi connectivity index (χ3v) is 5.32. The second-order valence-electron chi connectivity index (χ2n) is 5.79. The number of ether oxygens (including phenoxy) is 3. The standard InChI is InChI=1S/C19H23NO7S/c1-5-25-16-9-6-14(12-17(16)24-4)7-10-18(21)26-13-15-8-11-19(27-15)28(22,23)20(2)3/h6-12H,5,13H2,1-4H3/b10-7+. The Balaban J connectivity index is 1.97. The van der Waals surface area contributed by atoms with Gasteiger partial charge < -0.3 is 18.6 Å². The molecule has 0 amide bonds. The Morgan fingerprint density at radius 3 is 2.57 bits per heavy atom. The lowest BCUT2D eigenvalue weighted by Crippen LogP contribution is -2.21. The van der Waals surface area contributed by atoms with Crippen LogP contribution in [-0.2, 0) is 26.2 Å². The second-order valence-corrected chi connectivity index (χ2v) is 7.88. The number of esters is 1. The molecule has 0 saturated carbocycles. The summed E-state index contributed by atoms with van der Waals surface area (Å²) < 4.78 is 45.9. The lowest BCUT2D eigenvalue weighted by atomic mass is 10.2. The Morgan fingerprint density at radius 2 is 1.93 bits per heavy atom. The van der Waals surface area contributed by atoms with Crippen molar-refractivity contribution in [2.24, 2.45) is 0 Å². The van der Waals surface area contributed by atoms with Crippen LogP contribution < -0.4 is 9.47 Å². The number of sulfonamides is 1. The van der Waals surface area contributed by atoms with E-state index in [0.29, 0.717) is 18.1 Å². The lowest BCUT2D eigenvalue weighted by molar-refractivity contribution is -0.139. The van der Waals surface area contributed by atoms with Crippen molar-refractivity contribution in [1.82, 2.24) is 4.31 Å². The molecule has 0 N–H and O–H groups in total. The van der Waals surface area contributed by atoms with Gasteiger partial charge in [-0.05, 0) is 42.8 Å². The van der Waals surface area contributed by atoms with E-state index in [1.165, 1.54) is 39.4 Å². The molecule has 0 saturated heterocycles. The van der Waals surface area contributed by atoms with E-state index in [-0.39, 0.29) is 17.5 Å². The minimum Gasteiger partial charge on any atom is -0.493 e. The number of hydrogen-bond acceptors (Lipinski definition) is 7. The van der Waals surface area contributed by atoms with Crippen molar-refractivity contribution in [3.63, 3.8) is 0 Å². The number of nitrogens with zero attached hydrogens (tertiary/aromatic N) is 1. The van der Waals surface area contributed by atoms with Crippen molar-refractivity contribution in [3.05, 3.63) is 47.7 Å². The van der Waals surface area contributed by atoms with E-state index in [9.17, 15) is 13.2 Å². The van der Waals surface area contributed by atoms with Crippen molar-refractivity contribution in [3.8, 4) is 11.5 Å². The molecule has 0 radical (unpaired) electrons. The van der Waals surface area contributed by atoms with Crippen LogP contribution in [0.25, 0.3) is 6.08 Å². The quantitative estimate of drug-likeness (QED) is 0.464. The zero-order valence-corrected chi connectivity index (χ0v) is 17.0. The highest BCUT2D eigenvalue weighted by atomic mass is 32.2. The molecular weight excluding hydrogens is 386 g/mol. The second kappa shape index (κ2) is 9.43. The van der Waals surface area contributed by atoms with Gasteiger partial charge in [0.25, 0.3) is 10.0 Å². The van der Waals surface area contributed by atoms with Gasteiger partial charge in [0, 0.05) is 20.2 Å². The van der Waals surface area contributed by atoms with Crippen LogP contribution in [0.4, 0.5) is 0 Å². The summed E-state index contributed by atoms with van der Waals surface area (Å²) in [6, 6.07) is 8.04. The van der Waals surface area contributed by atoms with Crippen LogP contribution in [0.5, 0.6) is 11.5 Å². The van der Waals surface area contributed by atoms with E-state index < -0.39 is 16.0 Å². The molecule has 152 valence electrons. The van der Waals surface area contributed by atoms with Crippen LogP contribution in [0.3, 0.4) is 0 Å². The van der Waals surface area contributed by atoms with Crippen LogP contribution in [0.15, 0.2) is 45.9 Å². The van der Waals surface area contributed by atoms with E-state index in [4.69, 9.17) is 18.6 Å². The molecule has 1 aromatic heterocycles. The summed E-state index contributed by atoms with van der Waals surface area (Å²) in [6.45, 7) is 2.21. The first kappa shape index (κ1) is 21.5. The van der Waals surface area contributed by atoms with Gasteiger partial charge in [0.05, 0.1) is 13.7 Å². The number of benzene rings is 1. The zero-order valence-electron chi connectivity index (χ0n) is 16.2. The van der Waals surface area contributed by atoms with Crippen molar-refractivity contribution in [1.29, 1.82) is 0 Å². The van der Waals surface area contributed by atoms with Gasteiger partial charge in [-0.1, -0.05) is 6.07 Å². The predicted octanol–water partition coefficient (Wildman–Crippen LogP) is 2.69. The van der Waals surface area contributed by atoms with Crippen molar-refractivity contribution in [2.75, 3.05) is 27.8 Å². The highest BCUT2D eigenvalue weighted by Gasteiger charge is 2.21. The third kappa shape index (κ3) is 5.37. The largest absolute Gasteiger partial charge is 0.493 e. The van der Waals surface area contributed by atoms with Crippen LogP contribution in [-0.4, -0.2) is 46.5 Å². The summed E-state index contributed by atoms with van der Waals surface area (Å²) in [4.78, 5) is 11.9. The summed E-state index contributed by atoms with van der Waals surface area (Å²) >= 11 is 0. The summed E-state index contributed by atoms with van der Waals surface area (Å²) in [7, 11) is 0.672. The van der Waals surface area contributed by atoms with Crippen molar-refractivity contribution in [2.45, 2.75) is 18.6 Å². The number of methoxy groups -OCH3 is 1. The van der Waals surface area contributed by atoms with Gasteiger partial charge in [0.2, 0.25) is 5.09 Å². The summed E-state index contributed by atoms with van der Waals surface area (Å²) in [5.41, 5.74) is 0.731. The lowest BCUT2D eigenvalue weighted by Gasteiger charge is -2.09. The van der Waals surface area contributed by atoms with E-state index in [0.717, 1.165) is 9.87 Å². The molecular formula is C19H23NO7S. The summed E-state index contributed by atoms with van der Waals surface area (Å²) in [6.07, 6.45) is 2.83. The molecule has 8 nitrogen and oxygen atoms in total. The topological polar surface area (TPSA) is 95.3 Å². The molecule has 9 heteroatoms. The van der Waals surface area contributed by atoms with E-state index >= 15 is 0 Å². The maximum absolute atomic E-state index is 12.0. The summed E-state index contributed by atoms with van der Waals surface area (Å²) in [5.74, 6) is 0.805. The zero-order chi connectivity index (χ0) is 20.7. The minimum absolute atomic E-state index is 0.182. The molecule has 0 fully saturated rings. The minimum atomic E-state index is -3.67. The van der Waals surface area contributed by atoms with E-state index in [2.05, 4.69) is 0 Å². The molecule has 2 aromatic rings. The molecule has 1 aromatic carbocycles. The Hall–Kier alpha value is -2.78. The fraction of sp³-hybridized carbons (Fsp3) is 0.316. The van der Waals surface area contributed by atoms with Gasteiger partial charge in [-0.3, -0.25) is 0 Å². The van der Waals surface area contributed by atoms with E-state index in [1.54, 1.807) is 24.3 Å². The molecule has 2 rings (SSSR count). The monoisotopic (exact) mass is 409 g/mol. The van der Waals surface area contributed by atoms with Gasteiger partial charge in [0.15, 0.2) is 11.5 Å². The van der Waals surface area contributed by atoms with E-state index in [1.807, 2.05) is 6.92 Å². The average Bonchev–Trinajstić information content (AvgIpc) is 3.15. The number of rotatable bonds is 9. The fourth-order valence-electron chi connectivity index (χ4n) is 2.17. The number of furan rings is 1. The normalized spacial score (nSPS) is 11.8. The Labute approximate surface area is 164 Å². The maximum atomic E-state index is 12.0. The highest BCUT2D eigenvalue weighted by molar-refractivity contribution is 7.88. The first-order valence-electron chi connectivity index (χ1n) is 8.44. The smallest absolute Gasteiger partial charge is 0.331 e. The van der Waals surface area contributed by atoms with Gasteiger partial charge in [-0.25, -0.2) is 17.5 Å². The number of carbonyl (C=O) groups excluding carboxylic acids is 1. The Kier molecular flexibility index (Phi) is 7.24. The Bertz CT molecular complexity index is 945. The Morgan fingerprint density at radius 1 is 1.18 bits per heavy atom. The predicted molar refractivity (Wildman–Crippen MR) is 103 cm³/mol. The molecule has 0 aliphatic heterocycles. The molecule has 0 atom stereocenters. The molecule has 1 heterocycles. The van der Waals surface area contributed by atoms with Gasteiger partial charge in [-0.2, -0.15) is 0 Å². The van der Waals surface area contributed by atoms with Crippen LogP contribution in [0.1, 0.15) is 18.2 Å². The number of hydrogen-bond donors (Lipinski definition) is 0. The van der Waals surface area contributed by atoms with Gasteiger partial charge in [-0.15, -0.1) is 0 Å². The van der Waals surface area contributed by atoms with Crippen LogP contribution in [0, 0.1) is 0 Å². The van der Waals surface area contributed by atoms with Crippen LogP contribution >= 0.6 is 0 Å². The molecule has 0 bridgehead atoms. The molecule has 0 aliphatic rings. The molecule has 0 spiro atoms. The molecule has 28 heavy (non-hydrogen) atoms. The molecule has 0 aliphatic carbocycles. The maximum Gasteiger partial charge on any atom is 0.331 e. The van der Waals surface area contributed by atoms with Crippen LogP contribution in [0.2, 0.25) is 0 Å². The SMILES string of the molecule is CCOc1ccc(/C=C/C(=O)OCc2ccc(S(=O)(=O)N(C)C)o2)cc1OC. The first-order chi connectivity index (χ1) is 13.3. The van der Waals surface area contributed by atoms with Crippen molar-refractivity contribution >= 4 is 22.1 Å². The highest BCUT2D eigenvalue weighted by Crippen LogP contribution is 2.28. The fourth-order valence-corrected chi connectivity index (χ4v) is 2.98.